The topological polar surface area (TPSA) is 69.7 Å². The van der Waals surface area contributed by atoms with Gasteiger partial charge < -0.3 is 10.2 Å². The molecule has 2 rings (SSSR count). The van der Waals surface area contributed by atoms with Gasteiger partial charge in [-0.3, -0.25) is 14.5 Å². The fraction of sp³-hybridized carbons (Fsp3) is 0.700. The van der Waals surface area contributed by atoms with Gasteiger partial charge in [0.25, 0.3) is 0 Å². The molecular formula is C10H15N3O3. The van der Waals surface area contributed by atoms with Crippen molar-refractivity contribution in [2.45, 2.75) is 25.8 Å². The first-order valence-corrected chi connectivity index (χ1v) is 5.51. The zero-order valence-electron chi connectivity index (χ0n) is 9.23. The Bertz CT molecular complexity index is 320. The van der Waals surface area contributed by atoms with Crippen LogP contribution >= 0.6 is 0 Å². The molecule has 0 atom stereocenters. The van der Waals surface area contributed by atoms with Gasteiger partial charge in [-0.15, -0.1) is 0 Å². The highest BCUT2D eigenvalue weighted by Crippen LogP contribution is 2.22. The van der Waals surface area contributed by atoms with Gasteiger partial charge in [0.15, 0.2) is 0 Å². The standard InChI is InChI=1S/C10H15N3O3/c1-2-11-10(16)12-5-7(6-12)13-8(14)3-4-9(13)15/h7H,2-6H2,1H3,(H,11,16). The third-order valence-corrected chi connectivity index (χ3v) is 2.93. The van der Waals surface area contributed by atoms with Crippen LogP contribution in [0.2, 0.25) is 0 Å². The van der Waals surface area contributed by atoms with E-state index in [1.54, 1.807) is 4.90 Å². The van der Waals surface area contributed by atoms with Crippen LogP contribution in [0.5, 0.6) is 0 Å². The van der Waals surface area contributed by atoms with Crippen molar-refractivity contribution in [3.8, 4) is 0 Å². The normalized spacial score (nSPS) is 21.3. The van der Waals surface area contributed by atoms with Gasteiger partial charge in [0.2, 0.25) is 11.8 Å². The average Bonchev–Trinajstić information content (AvgIpc) is 2.47. The van der Waals surface area contributed by atoms with Gasteiger partial charge in [0, 0.05) is 32.5 Å². The summed E-state index contributed by atoms with van der Waals surface area (Å²) in [5, 5.41) is 2.68. The van der Waals surface area contributed by atoms with E-state index >= 15 is 0 Å². The van der Waals surface area contributed by atoms with Crippen LogP contribution in [0.3, 0.4) is 0 Å². The van der Waals surface area contributed by atoms with Crippen molar-refractivity contribution >= 4 is 17.8 Å². The first-order valence-electron chi connectivity index (χ1n) is 5.51. The molecule has 2 aliphatic rings. The number of likely N-dealkylation sites (tertiary alicyclic amines) is 2. The second kappa shape index (κ2) is 4.11. The number of imide groups is 1. The van der Waals surface area contributed by atoms with E-state index in [1.165, 1.54) is 4.90 Å². The highest BCUT2D eigenvalue weighted by molar-refractivity contribution is 6.02. The van der Waals surface area contributed by atoms with Crippen molar-refractivity contribution < 1.29 is 14.4 Å². The maximum atomic E-state index is 11.4. The van der Waals surface area contributed by atoms with Crippen LogP contribution in [0.25, 0.3) is 0 Å². The summed E-state index contributed by atoms with van der Waals surface area (Å²) in [5.74, 6) is -0.212. The monoisotopic (exact) mass is 225 g/mol. The number of hydrogen-bond acceptors (Lipinski definition) is 3. The molecule has 0 aliphatic carbocycles. The maximum absolute atomic E-state index is 11.4. The van der Waals surface area contributed by atoms with Crippen LogP contribution in [0.15, 0.2) is 0 Å². The Kier molecular flexibility index (Phi) is 2.80. The zero-order chi connectivity index (χ0) is 11.7. The molecule has 0 spiro atoms. The molecule has 1 N–H and O–H groups in total. The van der Waals surface area contributed by atoms with Gasteiger partial charge in [-0.25, -0.2) is 4.79 Å². The fourth-order valence-corrected chi connectivity index (χ4v) is 2.05. The Morgan fingerprint density at radius 3 is 2.38 bits per heavy atom. The number of hydrogen-bond donors (Lipinski definition) is 1. The first kappa shape index (κ1) is 10.9. The second-order valence-electron chi connectivity index (χ2n) is 4.05. The Hall–Kier alpha value is -1.59. The molecule has 0 radical (unpaired) electrons. The van der Waals surface area contributed by atoms with Crippen LogP contribution in [-0.2, 0) is 9.59 Å². The van der Waals surface area contributed by atoms with Gasteiger partial charge in [-0.05, 0) is 6.92 Å². The summed E-state index contributed by atoms with van der Waals surface area (Å²) in [7, 11) is 0. The number of amides is 4. The average molecular weight is 225 g/mol. The van der Waals surface area contributed by atoms with Gasteiger partial charge >= 0.3 is 6.03 Å². The largest absolute Gasteiger partial charge is 0.338 e. The van der Waals surface area contributed by atoms with Crippen LogP contribution in [-0.4, -0.2) is 53.3 Å². The van der Waals surface area contributed by atoms with Gasteiger partial charge in [0.1, 0.15) is 0 Å². The van der Waals surface area contributed by atoms with E-state index in [2.05, 4.69) is 5.32 Å². The highest BCUT2D eigenvalue weighted by atomic mass is 16.2. The molecule has 0 aromatic carbocycles. The number of urea groups is 1. The number of nitrogens with one attached hydrogen (secondary N) is 1. The molecule has 88 valence electrons. The predicted molar refractivity (Wildman–Crippen MR) is 55.5 cm³/mol. The van der Waals surface area contributed by atoms with E-state index in [4.69, 9.17) is 0 Å². The highest BCUT2D eigenvalue weighted by Gasteiger charge is 2.42. The maximum Gasteiger partial charge on any atom is 0.317 e. The summed E-state index contributed by atoms with van der Waals surface area (Å²) in [6.45, 7) is 3.36. The number of nitrogens with zero attached hydrogens (tertiary/aromatic N) is 2. The minimum Gasteiger partial charge on any atom is -0.338 e. The Morgan fingerprint density at radius 1 is 1.31 bits per heavy atom. The van der Waals surface area contributed by atoms with E-state index < -0.39 is 0 Å². The summed E-state index contributed by atoms with van der Waals surface area (Å²) in [4.78, 5) is 37.1. The molecule has 6 heteroatoms. The molecule has 0 unspecified atom stereocenters. The van der Waals surface area contributed by atoms with Crippen molar-refractivity contribution in [1.82, 2.24) is 15.1 Å². The summed E-state index contributed by atoms with van der Waals surface area (Å²) >= 11 is 0. The van der Waals surface area contributed by atoms with E-state index in [0.717, 1.165) is 0 Å². The summed E-state index contributed by atoms with van der Waals surface area (Å²) in [5.41, 5.74) is 0. The Labute approximate surface area is 93.6 Å². The van der Waals surface area contributed by atoms with Crippen molar-refractivity contribution in [2.24, 2.45) is 0 Å². The van der Waals surface area contributed by atoms with Crippen LogP contribution in [0.1, 0.15) is 19.8 Å². The summed E-state index contributed by atoms with van der Waals surface area (Å²) < 4.78 is 0. The molecule has 0 aromatic rings. The summed E-state index contributed by atoms with van der Waals surface area (Å²) in [6.07, 6.45) is 0.632. The van der Waals surface area contributed by atoms with Gasteiger partial charge in [0.05, 0.1) is 6.04 Å². The third-order valence-electron chi connectivity index (χ3n) is 2.93. The van der Waals surface area contributed by atoms with E-state index in [-0.39, 0.29) is 23.9 Å². The molecule has 2 saturated heterocycles. The molecule has 16 heavy (non-hydrogen) atoms. The van der Waals surface area contributed by atoms with E-state index in [9.17, 15) is 14.4 Å². The van der Waals surface area contributed by atoms with E-state index in [0.29, 0.717) is 32.5 Å². The quantitative estimate of drug-likeness (QED) is 0.647. The van der Waals surface area contributed by atoms with Crippen molar-refractivity contribution in [3.05, 3.63) is 0 Å². The number of rotatable bonds is 2. The van der Waals surface area contributed by atoms with Crippen LogP contribution < -0.4 is 5.32 Å². The van der Waals surface area contributed by atoms with Gasteiger partial charge in [-0.1, -0.05) is 0 Å². The van der Waals surface area contributed by atoms with Crippen LogP contribution in [0.4, 0.5) is 4.79 Å². The number of carbonyl (C=O) groups is 3. The summed E-state index contributed by atoms with van der Waals surface area (Å²) in [6, 6.07) is -0.233. The molecule has 2 aliphatic heterocycles. The molecule has 2 fully saturated rings. The molecule has 6 nitrogen and oxygen atoms in total. The molecule has 0 bridgehead atoms. The second-order valence-corrected chi connectivity index (χ2v) is 4.05. The predicted octanol–water partition coefficient (Wildman–Crippen LogP) is -0.451. The van der Waals surface area contributed by atoms with Crippen LogP contribution in [0, 0.1) is 0 Å². The Balaban J connectivity index is 1.86. The smallest absolute Gasteiger partial charge is 0.317 e. The number of carbonyl (C=O) groups excluding carboxylic acids is 3. The van der Waals surface area contributed by atoms with Gasteiger partial charge in [-0.2, -0.15) is 0 Å². The first-order chi connectivity index (χ1) is 7.63. The fourth-order valence-electron chi connectivity index (χ4n) is 2.05. The Morgan fingerprint density at radius 2 is 1.88 bits per heavy atom. The molecular weight excluding hydrogens is 210 g/mol. The molecule has 0 saturated carbocycles. The molecule has 4 amide bonds. The van der Waals surface area contributed by atoms with Crippen molar-refractivity contribution in [3.63, 3.8) is 0 Å². The van der Waals surface area contributed by atoms with Crippen molar-refractivity contribution in [2.75, 3.05) is 19.6 Å². The SMILES string of the molecule is CCNC(=O)N1CC(N2C(=O)CCC2=O)C1. The van der Waals surface area contributed by atoms with Crippen molar-refractivity contribution in [1.29, 1.82) is 0 Å². The lowest BCUT2D eigenvalue weighted by Crippen LogP contribution is -2.63. The third kappa shape index (κ3) is 1.75. The molecule has 2 heterocycles. The van der Waals surface area contributed by atoms with E-state index in [1.807, 2.05) is 6.92 Å². The minimum absolute atomic E-state index is 0.106. The lowest BCUT2D eigenvalue weighted by atomic mass is 10.1. The lowest BCUT2D eigenvalue weighted by molar-refractivity contribution is -0.144. The lowest BCUT2D eigenvalue weighted by Gasteiger charge is -2.42. The minimum atomic E-state index is -0.127. The zero-order valence-corrected chi connectivity index (χ0v) is 9.23. The molecule has 0 aromatic heterocycles.